The lowest BCUT2D eigenvalue weighted by atomic mass is 9.71. The third kappa shape index (κ3) is 9.72. The van der Waals surface area contributed by atoms with E-state index in [1.54, 1.807) is 0 Å². The Morgan fingerprint density at radius 2 is 1.53 bits per heavy atom. The summed E-state index contributed by atoms with van der Waals surface area (Å²) in [5, 5.41) is 0. The van der Waals surface area contributed by atoms with Gasteiger partial charge in [0, 0.05) is 17.9 Å². The predicted octanol–water partition coefficient (Wildman–Crippen LogP) is 10.6. The van der Waals surface area contributed by atoms with E-state index >= 15 is 0 Å². The van der Waals surface area contributed by atoms with Gasteiger partial charge in [0.1, 0.15) is 11.6 Å². The molecule has 0 radical (unpaired) electrons. The Bertz CT molecular complexity index is 1200. The molecule has 0 aliphatic heterocycles. The van der Waals surface area contributed by atoms with E-state index in [1.165, 1.54) is 67.7 Å². The minimum atomic E-state index is -0.0998. The van der Waals surface area contributed by atoms with Crippen LogP contribution in [0.1, 0.15) is 139 Å². The average Bonchev–Trinajstić information content (AvgIpc) is 2.95. The first kappa shape index (κ1) is 34.9. The molecule has 236 valence electrons. The van der Waals surface area contributed by atoms with Crippen molar-refractivity contribution in [2.24, 2.45) is 29.6 Å². The number of benzene rings is 2. The number of carbonyl (C=O) groups is 3. The molecule has 3 nitrogen and oxygen atoms in total. The molecule has 0 aromatic heterocycles. The highest BCUT2D eigenvalue weighted by Gasteiger charge is 2.34. The van der Waals surface area contributed by atoms with Crippen molar-refractivity contribution in [2.75, 3.05) is 0 Å². The number of fused-ring (bicyclic) bond motifs is 1. The molecule has 3 heteroatoms. The van der Waals surface area contributed by atoms with E-state index in [0.717, 1.165) is 55.1 Å². The fourth-order valence-electron chi connectivity index (χ4n) is 7.70. The molecule has 2 aliphatic carbocycles. The zero-order valence-corrected chi connectivity index (χ0v) is 28.3. The zero-order valence-electron chi connectivity index (χ0n) is 28.3. The number of hydrogen-bond donors (Lipinski definition) is 0. The van der Waals surface area contributed by atoms with Crippen molar-refractivity contribution in [1.82, 2.24) is 0 Å². The first-order chi connectivity index (χ1) is 20.6. The van der Waals surface area contributed by atoms with Crippen molar-refractivity contribution in [3.05, 3.63) is 58.7 Å². The molecule has 4 rings (SSSR count). The van der Waals surface area contributed by atoms with Crippen molar-refractivity contribution in [3.63, 3.8) is 0 Å². The van der Waals surface area contributed by atoms with Crippen molar-refractivity contribution in [1.29, 1.82) is 0 Å². The van der Waals surface area contributed by atoms with Crippen molar-refractivity contribution >= 4 is 17.3 Å². The van der Waals surface area contributed by atoms with Gasteiger partial charge < -0.3 is 0 Å². The molecular formula is C40H58O3. The highest BCUT2D eigenvalue weighted by molar-refractivity contribution is 6.02. The van der Waals surface area contributed by atoms with Crippen LogP contribution in [-0.4, -0.2) is 17.3 Å². The molecule has 0 heterocycles. The summed E-state index contributed by atoms with van der Waals surface area (Å²) in [4.78, 5) is 38.2. The third-order valence-electron chi connectivity index (χ3n) is 9.83. The molecule has 0 amide bonds. The van der Waals surface area contributed by atoms with Gasteiger partial charge in [-0.2, -0.15) is 0 Å². The molecule has 0 saturated heterocycles. The maximum absolute atomic E-state index is 13.5. The minimum absolute atomic E-state index is 0.0321. The number of ketones is 3. The maximum atomic E-state index is 13.5. The van der Waals surface area contributed by atoms with Gasteiger partial charge in [-0.25, -0.2) is 0 Å². The first-order valence-electron chi connectivity index (χ1n) is 17.4. The van der Waals surface area contributed by atoms with E-state index in [4.69, 9.17) is 0 Å². The van der Waals surface area contributed by atoms with Crippen LogP contribution in [0.25, 0.3) is 11.1 Å². The van der Waals surface area contributed by atoms with Crippen molar-refractivity contribution in [2.45, 2.75) is 132 Å². The predicted molar refractivity (Wildman–Crippen MR) is 181 cm³/mol. The maximum Gasteiger partial charge on any atom is 0.163 e. The normalized spacial score (nSPS) is 21.3. The van der Waals surface area contributed by atoms with Crippen molar-refractivity contribution < 1.29 is 14.4 Å². The van der Waals surface area contributed by atoms with Gasteiger partial charge in [0.25, 0.3) is 0 Å². The number of Topliss-reactive ketones (excluding diaryl/α,β-unsaturated/α-hetero) is 3. The van der Waals surface area contributed by atoms with Crippen LogP contribution in [0.15, 0.2) is 36.4 Å². The molecule has 1 saturated carbocycles. The fraction of sp³-hybridized carbons (Fsp3) is 0.625. The Labute approximate surface area is 262 Å². The number of rotatable bonds is 12. The van der Waals surface area contributed by atoms with Gasteiger partial charge in [0.15, 0.2) is 5.78 Å². The molecule has 0 N–H and O–H groups in total. The van der Waals surface area contributed by atoms with E-state index in [0.29, 0.717) is 6.42 Å². The molecule has 3 unspecified atom stereocenters. The average molecular weight is 587 g/mol. The highest BCUT2D eigenvalue weighted by Crippen LogP contribution is 2.40. The first-order valence-corrected chi connectivity index (χ1v) is 17.4. The second-order valence-corrected chi connectivity index (χ2v) is 13.9. The molecule has 2 aliphatic rings. The van der Waals surface area contributed by atoms with Crippen LogP contribution < -0.4 is 0 Å². The van der Waals surface area contributed by atoms with E-state index in [9.17, 15) is 14.4 Å². The lowest BCUT2D eigenvalue weighted by molar-refractivity contribution is -0.129. The Kier molecular flexibility index (Phi) is 13.9. The van der Waals surface area contributed by atoms with Crippen LogP contribution in [0.2, 0.25) is 0 Å². The second-order valence-electron chi connectivity index (χ2n) is 13.9. The molecule has 43 heavy (non-hydrogen) atoms. The molecular weight excluding hydrogens is 528 g/mol. The van der Waals surface area contributed by atoms with Gasteiger partial charge in [-0.15, -0.1) is 0 Å². The summed E-state index contributed by atoms with van der Waals surface area (Å²) in [6, 6.07) is 13.4. The number of aryl methyl sites for hydroxylation is 1. The Balaban J connectivity index is 0.00000162. The molecule has 3 atom stereocenters. The lowest BCUT2D eigenvalue weighted by Gasteiger charge is -2.32. The molecule has 1 fully saturated rings. The van der Waals surface area contributed by atoms with E-state index < -0.39 is 0 Å². The molecule has 2 aromatic rings. The summed E-state index contributed by atoms with van der Waals surface area (Å²) in [6.45, 7) is 14.4. The van der Waals surface area contributed by atoms with Crippen LogP contribution in [0.5, 0.6) is 0 Å². The van der Waals surface area contributed by atoms with Crippen LogP contribution >= 0.6 is 0 Å². The summed E-state index contributed by atoms with van der Waals surface area (Å²) in [6.07, 6.45) is 12.9. The Morgan fingerprint density at radius 3 is 2.12 bits per heavy atom. The molecule has 2 aromatic carbocycles. The van der Waals surface area contributed by atoms with Gasteiger partial charge in [-0.3, -0.25) is 14.4 Å². The largest absolute Gasteiger partial charge is 0.300 e. The van der Waals surface area contributed by atoms with Gasteiger partial charge in [0.2, 0.25) is 0 Å². The van der Waals surface area contributed by atoms with E-state index in [-0.39, 0.29) is 41.5 Å². The Morgan fingerprint density at radius 1 is 0.884 bits per heavy atom. The SMILES string of the molecule is CCC.CCCC(CC1CC(=O)c2c(C)ccc(-c3ccc(CC4CCC(C)CC4)cc3)c2C1)C(CC)C(=O)CC(C)=O. The summed E-state index contributed by atoms with van der Waals surface area (Å²) < 4.78 is 0. The highest BCUT2D eigenvalue weighted by atomic mass is 16.1. The third-order valence-corrected chi connectivity index (χ3v) is 9.83. The second kappa shape index (κ2) is 17.1. The van der Waals surface area contributed by atoms with Gasteiger partial charge in [0.05, 0.1) is 6.42 Å². The number of carbonyl (C=O) groups excluding carboxylic acids is 3. The quantitative estimate of drug-likeness (QED) is 0.232. The van der Waals surface area contributed by atoms with Gasteiger partial charge in [-0.05, 0) is 104 Å². The van der Waals surface area contributed by atoms with Gasteiger partial charge in [-0.1, -0.05) is 103 Å². The van der Waals surface area contributed by atoms with Crippen LogP contribution in [0.3, 0.4) is 0 Å². The van der Waals surface area contributed by atoms with E-state index in [1.807, 2.05) is 0 Å². The standard InChI is InChI=1S/C37H50O3.C3H8/c1-6-8-31(32(7-2)35(39)19-26(5)38)21-29-22-34-33(18-11-25(4)37(34)36(40)23-29)30-16-14-28(15-17-30)20-27-12-9-24(3)10-13-27;1-3-2/h11,14-18,24,27,29,31-32H,6-10,12-13,19-23H2,1-5H3;3H2,1-2H3. The van der Waals surface area contributed by atoms with Crippen LogP contribution in [0, 0.1) is 36.5 Å². The monoisotopic (exact) mass is 586 g/mol. The minimum Gasteiger partial charge on any atom is -0.300 e. The summed E-state index contributed by atoms with van der Waals surface area (Å²) in [7, 11) is 0. The van der Waals surface area contributed by atoms with Crippen LogP contribution in [0.4, 0.5) is 0 Å². The summed E-state index contributed by atoms with van der Waals surface area (Å²) >= 11 is 0. The molecule has 0 bridgehead atoms. The smallest absolute Gasteiger partial charge is 0.163 e. The molecule has 0 spiro atoms. The lowest BCUT2D eigenvalue weighted by Crippen LogP contribution is -2.30. The summed E-state index contributed by atoms with van der Waals surface area (Å²) in [5.74, 6) is 2.29. The topological polar surface area (TPSA) is 51.2 Å². The van der Waals surface area contributed by atoms with Crippen molar-refractivity contribution in [3.8, 4) is 11.1 Å². The zero-order chi connectivity index (χ0) is 31.5. The Hall–Kier alpha value is -2.55. The van der Waals surface area contributed by atoms with Gasteiger partial charge >= 0.3 is 0 Å². The van der Waals surface area contributed by atoms with Crippen LogP contribution in [-0.2, 0) is 22.4 Å². The fourth-order valence-corrected chi connectivity index (χ4v) is 7.70. The summed E-state index contributed by atoms with van der Waals surface area (Å²) in [5.41, 5.74) is 6.97. The number of hydrogen-bond acceptors (Lipinski definition) is 3. The van der Waals surface area contributed by atoms with E-state index in [2.05, 4.69) is 77.9 Å².